The van der Waals surface area contributed by atoms with Gasteiger partial charge in [-0.25, -0.2) is 0 Å². The number of thioether (sulfide) groups is 1. The number of rotatable bonds is 7. The van der Waals surface area contributed by atoms with Gasteiger partial charge in [-0.1, -0.05) is 31.2 Å². The molecule has 0 bridgehead atoms. The average Bonchev–Trinajstić information content (AvgIpc) is 3.06. The number of nitrogens with zero attached hydrogens (tertiary/aromatic N) is 3. The molecule has 2 saturated heterocycles. The van der Waals surface area contributed by atoms with Gasteiger partial charge < -0.3 is 19.8 Å². The summed E-state index contributed by atoms with van der Waals surface area (Å²) in [6, 6.07) is -0.591. The van der Waals surface area contributed by atoms with E-state index >= 15 is 0 Å². The summed E-state index contributed by atoms with van der Waals surface area (Å²) in [5, 5.41) is 9.15. The average molecular weight is 462 g/mol. The van der Waals surface area contributed by atoms with Gasteiger partial charge in [0.2, 0.25) is 17.7 Å². The molecule has 0 saturated carbocycles. The van der Waals surface area contributed by atoms with Gasteiger partial charge in [-0.15, -0.1) is 11.8 Å². The molecule has 2 fully saturated rings. The lowest BCUT2D eigenvalue weighted by Crippen LogP contribution is -2.54. The van der Waals surface area contributed by atoms with Gasteiger partial charge >= 0.3 is 0 Å². The third-order valence-corrected chi connectivity index (χ3v) is 8.94. The Kier molecular flexibility index (Phi) is 6.73. The SMILES string of the molecule is CCCN1CC=C[C@@H]2S[C@]34C=CCN(C(C)C)C(=O)C3N(CCCCO)C(=O)[C@@H]4[C@@H]2C1=O. The molecule has 1 spiro atoms. The predicted octanol–water partition coefficient (Wildman–Crippen LogP) is 1.67. The minimum absolute atomic E-state index is 0.0224. The molecule has 32 heavy (non-hydrogen) atoms. The molecule has 3 amide bonds. The van der Waals surface area contributed by atoms with Crippen LogP contribution in [0.5, 0.6) is 0 Å². The summed E-state index contributed by atoms with van der Waals surface area (Å²) >= 11 is 1.63. The summed E-state index contributed by atoms with van der Waals surface area (Å²) in [6.07, 6.45) is 10.3. The molecule has 0 aromatic rings. The molecular weight excluding hydrogens is 426 g/mol. The van der Waals surface area contributed by atoms with Crippen LogP contribution in [-0.4, -0.2) is 92.4 Å². The fraction of sp³-hybridized carbons (Fsp3) is 0.708. The zero-order valence-corrected chi connectivity index (χ0v) is 20.1. The number of aliphatic hydroxyl groups is 1. The van der Waals surface area contributed by atoms with Crippen LogP contribution in [0, 0.1) is 11.8 Å². The number of carbonyl (C=O) groups is 3. The van der Waals surface area contributed by atoms with Crippen molar-refractivity contribution >= 4 is 29.5 Å². The minimum atomic E-state index is -0.735. The van der Waals surface area contributed by atoms with E-state index < -0.39 is 22.6 Å². The summed E-state index contributed by atoms with van der Waals surface area (Å²) in [7, 11) is 0. The third-order valence-electron chi connectivity index (χ3n) is 7.20. The fourth-order valence-electron chi connectivity index (χ4n) is 5.78. The van der Waals surface area contributed by atoms with E-state index in [2.05, 4.69) is 19.1 Å². The molecule has 8 heteroatoms. The summed E-state index contributed by atoms with van der Waals surface area (Å²) in [5.74, 6) is -1.08. The second-order valence-electron chi connectivity index (χ2n) is 9.50. The molecule has 0 aromatic carbocycles. The summed E-state index contributed by atoms with van der Waals surface area (Å²) in [5.41, 5.74) is 0. The van der Waals surface area contributed by atoms with Crippen molar-refractivity contribution in [2.24, 2.45) is 11.8 Å². The quantitative estimate of drug-likeness (QED) is 0.461. The van der Waals surface area contributed by atoms with Gasteiger partial charge in [0.1, 0.15) is 6.04 Å². The van der Waals surface area contributed by atoms with Crippen LogP contribution < -0.4 is 0 Å². The second-order valence-corrected chi connectivity index (χ2v) is 11.0. The predicted molar refractivity (Wildman–Crippen MR) is 125 cm³/mol. The molecule has 4 heterocycles. The largest absolute Gasteiger partial charge is 0.396 e. The molecule has 7 nitrogen and oxygen atoms in total. The highest BCUT2D eigenvalue weighted by atomic mass is 32.2. The van der Waals surface area contributed by atoms with E-state index in [1.165, 1.54) is 0 Å². The number of carbonyl (C=O) groups excluding carboxylic acids is 3. The Morgan fingerprint density at radius 1 is 1.09 bits per heavy atom. The van der Waals surface area contributed by atoms with E-state index in [1.54, 1.807) is 16.7 Å². The molecule has 1 N–H and O–H groups in total. The van der Waals surface area contributed by atoms with Gasteiger partial charge in [0.25, 0.3) is 0 Å². The lowest BCUT2D eigenvalue weighted by molar-refractivity contribution is -0.144. The zero-order chi connectivity index (χ0) is 23.0. The van der Waals surface area contributed by atoms with E-state index in [0.717, 1.165) is 6.42 Å². The molecule has 176 valence electrons. The van der Waals surface area contributed by atoms with Crippen molar-refractivity contribution in [2.75, 3.05) is 32.8 Å². The van der Waals surface area contributed by atoms with Crippen LogP contribution in [0.15, 0.2) is 24.3 Å². The first kappa shape index (κ1) is 23.4. The van der Waals surface area contributed by atoms with E-state index in [4.69, 9.17) is 0 Å². The standard InChI is InChI=1S/C24H35N3O4S/c1-4-11-25-12-7-9-17-18(21(25)29)19-22(30)27(13-5-6-15-28)20-23(31)26(16(2)3)14-8-10-24(19,20)32-17/h7-10,16-20,28H,4-6,11-15H2,1-3H3/t17-,18+,19-,20?,24-/m0/s1. The van der Waals surface area contributed by atoms with Crippen molar-refractivity contribution in [1.29, 1.82) is 0 Å². The van der Waals surface area contributed by atoms with Gasteiger partial charge in [0.15, 0.2) is 0 Å². The van der Waals surface area contributed by atoms with E-state index in [0.29, 0.717) is 39.0 Å². The number of hydrogen-bond donors (Lipinski definition) is 1. The first-order chi connectivity index (χ1) is 15.4. The lowest BCUT2D eigenvalue weighted by Gasteiger charge is -2.36. The first-order valence-electron chi connectivity index (χ1n) is 11.9. The highest BCUT2D eigenvalue weighted by Gasteiger charge is 2.70. The molecular formula is C24H35N3O4S. The zero-order valence-electron chi connectivity index (χ0n) is 19.3. The molecule has 0 aromatic heterocycles. The Hall–Kier alpha value is -1.80. The summed E-state index contributed by atoms with van der Waals surface area (Å²) in [4.78, 5) is 46.8. The number of fused-ring (bicyclic) bond motifs is 2. The van der Waals surface area contributed by atoms with E-state index in [1.807, 2.05) is 35.8 Å². The monoisotopic (exact) mass is 461 g/mol. The molecule has 4 aliphatic rings. The fourth-order valence-corrected chi connectivity index (χ4v) is 7.78. The molecule has 0 radical (unpaired) electrons. The maximum absolute atomic E-state index is 13.9. The first-order valence-corrected chi connectivity index (χ1v) is 12.8. The third kappa shape index (κ3) is 3.59. The Balaban J connectivity index is 1.78. The molecule has 0 aliphatic carbocycles. The van der Waals surface area contributed by atoms with Crippen LogP contribution >= 0.6 is 11.8 Å². The number of hydrogen-bond acceptors (Lipinski definition) is 5. The number of amides is 3. The maximum atomic E-state index is 13.9. The Labute approximate surface area is 194 Å². The number of unbranched alkanes of at least 4 members (excludes halogenated alkanes) is 1. The van der Waals surface area contributed by atoms with Crippen molar-refractivity contribution in [3.05, 3.63) is 24.3 Å². The Bertz CT molecular complexity index is 828. The van der Waals surface area contributed by atoms with Crippen molar-refractivity contribution in [1.82, 2.24) is 14.7 Å². The van der Waals surface area contributed by atoms with Crippen LogP contribution in [0.4, 0.5) is 0 Å². The van der Waals surface area contributed by atoms with Gasteiger partial charge in [0.05, 0.1) is 16.6 Å². The molecule has 5 atom stereocenters. The topological polar surface area (TPSA) is 81.2 Å². The smallest absolute Gasteiger partial charge is 0.247 e. The van der Waals surface area contributed by atoms with E-state index in [9.17, 15) is 19.5 Å². The molecule has 4 rings (SSSR count). The maximum Gasteiger partial charge on any atom is 0.247 e. The second kappa shape index (κ2) is 9.21. The van der Waals surface area contributed by atoms with Crippen molar-refractivity contribution < 1.29 is 19.5 Å². The highest BCUT2D eigenvalue weighted by molar-refractivity contribution is 8.02. The van der Waals surface area contributed by atoms with Crippen molar-refractivity contribution in [2.45, 2.75) is 62.1 Å². The normalized spacial score (nSPS) is 34.2. The van der Waals surface area contributed by atoms with Crippen LogP contribution in [-0.2, 0) is 14.4 Å². The number of aliphatic hydroxyl groups excluding tert-OH is 1. The lowest BCUT2D eigenvalue weighted by atomic mass is 9.78. The Morgan fingerprint density at radius 2 is 1.88 bits per heavy atom. The Morgan fingerprint density at radius 3 is 2.56 bits per heavy atom. The molecule has 1 unspecified atom stereocenters. The van der Waals surface area contributed by atoms with Crippen molar-refractivity contribution in [3.63, 3.8) is 0 Å². The van der Waals surface area contributed by atoms with Crippen LogP contribution in [0.1, 0.15) is 40.0 Å². The van der Waals surface area contributed by atoms with Gasteiger partial charge in [-0.05, 0) is 33.1 Å². The van der Waals surface area contributed by atoms with Crippen LogP contribution in [0.25, 0.3) is 0 Å². The van der Waals surface area contributed by atoms with Crippen LogP contribution in [0.2, 0.25) is 0 Å². The van der Waals surface area contributed by atoms with Crippen molar-refractivity contribution in [3.8, 4) is 0 Å². The molecule has 4 aliphatic heterocycles. The van der Waals surface area contributed by atoms with Crippen LogP contribution in [0.3, 0.4) is 0 Å². The minimum Gasteiger partial charge on any atom is -0.396 e. The van der Waals surface area contributed by atoms with Gasteiger partial charge in [-0.2, -0.15) is 0 Å². The summed E-state index contributed by atoms with van der Waals surface area (Å²) < 4.78 is -0.735. The van der Waals surface area contributed by atoms with Gasteiger partial charge in [-0.3, -0.25) is 14.4 Å². The number of likely N-dealkylation sites (tertiary alicyclic amines) is 1. The van der Waals surface area contributed by atoms with E-state index in [-0.39, 0.29) is 35.6 Å². The summed E-state index contributed by atoms with van der Waals surface area (Å²) in [6.45, 7) is 8.29. The van der Waals surface area contributed by atoms with Gasteiger partial charge in [0, 0.05) is 44.1 Å². The highest BCUT2D eigenvalue weighted by Crippen LogP contribution is 2.61.